The van der Waals surface area contributed by atoms with Gasteiger partial charge in [-0.25, -0.2) is 4.79 Å². The first-order valence-corrected chi connectivity index (χ1v) is 11.1. The van der Waals surface area contributed by atoms with E-state index in [1.807, 2.05) is 36.4 Å². The van der Waals surface area contributed by atoms with Crippen molar-refractivity contribution in [1.29, 1.82) is 0 Å². The molecule has 0 aliphatic rings. The zero-order valence-electron chi connectivity index (χ0n) is 20.2. The molecule has 0 aliphatic carbocycles. The lowest BCUT2D eigenvalue weighted by molar-refractivity contribution is -0.133. The van der Waals surface area contributed by atoms with E-state index in [1.165, 1.54) is 12.0 Å². The van der Waals surface area contributed by atoms with Gasteiger partial charge in [0.2, 0.25) is 5.91 Å². The molecule has 9 nitrogen and oxygen atoms in total. The fraction of sp³-hybridized carbons (Fsp3) is 0.308. The zero-order valence-corrected chi connectivity index (χ0v) is 20.2. The number of furan rings is 1. The fourth-order valence-corrected chi connectivity index (χ4v) is 3.44. The molecule has 0 radical (unpaired) electrons. The van der Waals surface area contributed by atoms with Gasteiger partial charge in [-0.05, 0) is 29.8 Å². The quantitative estimate of drug-likeness (QED) is 0.420. The van der Waals surface area contributed by atoms with Crippen molar-refractivity contribution < 1.29 is 28.2 Å². The second-order valence-corrected chi connectivity index (χ2v) is 7.73. The van der Waals surface area contributed by atoms with Gasteiger partial charge in [-0.3, -0.25) is 4.79 Å². The van der Waals surface area contributed by atoms with Crippen LogP contribution < -0.4 is 14.8 Å². The number of nitrogens with one attached hydrogen (secondary N) is 1. The summed E-state index contributed by atoms with van der Waals surface area (Å²) in [6, 6.07) is 17.9. The second-order valence-electron chi connectivity index (χ2n) is 7.73. The minimum Gasteiger partial charge on any atom is -0.497 e. The molecular formula is C26H31N3O6. The van der Waals surface area contributed by atoms with Crippen LogP contribution in [-0.4, -0.2) is 62.8 Å². The standard InChI is InChI=1S/C26H31N3O6/c1-32-15-13-28(26(31)27-23-12-11-21(33-2)16-24(23)34-3)19-25(30)29(18-22-10-7-14-35-22)17-20-8-5-4-6-9-20/h4-12,14,16H,13,15,17-19H2,1-3H3,(H,27,31). The number of carbonyl (C=O) groups excluding carboxylic acids is 2. The molecule has 1 aromatic heterocycles. The summed E-state index contributed by atoms with van der Waals surface area (Å²) in [5.41, 5.74) is 1.44. The number of ether oxygens (including phenoxy) is 3. The van der Waals surface area contributed by atoms with Crippen LogP contribution in [0.25, 0.3) is 0 Å². The van der Waals surface area contributed by atoms with Crippen LogP contribution in [0.15, 0.2) is 71.3 Å². The van der Waals surface area contributed by atoms with Crippen LogP contribution in [0.2, 0.25) is 0 Å². The summed E-state index contributed by atoms with van der Waals surface area (Å²) in [5.74, 6) is 1.48. The molecule has 0 saturated carbocycles. The number of carbonyl (C=O) groups is 2. The van der Waals surface area contributed by atoms with Crippen LogP contribution in [-0.2, 0) is 22.6 Å². The van der Waals surface area contributed by atoms with Crippen molar-refractivity contribution in [3.8, 4) is 11.5 Å². The molecule has 0 aliphatic heterocycles. The van der Waals surface area contributed by atoms with Crippen LogP contribution in [0.5, 0.6) is 11.5 Å². The molecule has 0 fully saturated rings. The van der Waals surface area contributed by atoms with Crippen molar-refractivity contribution in [3.63, 3.8) is 0 Å². The number of hydrogen-bond acceptors (Lipinski definition) is 6. The maximum Gasteiger partial charge on any atom is 0.322 e. The largest absolute Gasteiger partial charge is 0.497 e. The van der Waals surface area contributed by atoms with Crippen LogP contribution in [0.3, 0.4) is 0 Å². The molecule has 9 heteroatoms. The zero-order chi connectivity index (χ0) is 25.0. The van der Waals surface area contributed by atoms with E-state index in [1.54, 1.807) is 49.6 Å². The van der Waals surface area contributed by atoms with Gasteiger partial charge in [0.1, 0.15) is 23.8 Å². The summed E-state index contributed by atoms with van der Waals surface area (Å²) in [5, 5.41) is 2.82. The number of amides is 3. The highest BCUT2D eigenvalue weighted by atomic mass is 16.5. The van der Waals surface area contributed by atoms with Gasteiger partial charge < -0.3 is 33.7 Å². The molecule has 1 N–H and O–H groups in total. The number of urea groups is 1. The molecule has 0 atom stereocenters. The highest BCUT2D eigenvalue weighted by Gasteiger charge is 2.23. The highest BCUT2D eigenvalue weighted by molar-refractivity contribution is 5.93. The Morgan fingerprint density at radius 1 is 0.914 bits per heavy atom. The van der Waals surface area contributed by atoms with Crippen molar-refractivity contribution in [2.24, 2.45) is 0 Å². The summed E-state index contributed by atoms with van der Waals surface area (Å²) in [7, 11) is 4.60. The van der Waals surface area contributed by atoms with Crippen LogP contribution >= 0.6 is 0 Å². The summed E-state index contributed by atoms with van der Waals surface area (Å²) in [4.78, 5) is 29.6. The molecule has 186 valence electrons. The smallest absolute Gasteiger partial charge is 0.322 e. The van der Waals surface area contributed by atoms with Gasteiger partial charge in [0.05, 0.1) is 39.3 Å². The Balaban J connectivity index is 1.76. The van der Waals surface area contributed by atoms with Crippen molar-refractivity contribution >= 4 is 17.6 Å². The maximum atomic E-state index is 13.4. The summed E-state index contributed by atoms with van der Waals surface area (Å²) < 4.78 is 21.2. The molecule has 0 saturated heterocycles. The van der Waals surface area contributed by atoms with Crippen molar-refractivity contribution in [1.82, 2.24) is 9.80 Å². The van der Waals surface area contributed by atoms with Gasteiger partial charge in [-0.2, -0.15) is 0 Å². The van der Waals surface area contributed by atoms with Gasteiger partial charge in [0, 0.05) is 26.3 Å². The second kappa shape index (κ2) is 13.0. The molecule has 3 rings (SSSR count). The first-order valence-electron chi connectivity index (χ1n) is 11.1. The lowest BCUT2D eigenvalue weighted by Crippen LogP contribution is -2.45. The number of rotatable bonds is 12. The Morgan fingerprint density at radius 3 is 2.37 bits per heavy atom. The minimum atomic E-state index is -0.448. The normalized spacial score (nSPS) is 10.5. The SMILES string of the molecule is COCCN(CC(=O)N(Cc1ccccc1)Cc1ccco1)C(=O)Nc1ccc(OC)cc1OC. The predicted octanol–water partition coefficient (Wildman–Crippen LogP) is 4.01. The average Bonchev–Trinajstić information content (AvgIpc) is 3.40. The van der Waals surface area contributed by atoms with E-state index >= 15 is 0 Å². The summed E-state index contributed by atoms with van der Waals surface area (Å²) >= 11 is 0. The van der Waals surface area contributed by atoms with E-state index in [2.05, 4.69) is 5.32 Å². The van der Waals surface area contributed by atoms with Gasteiger partial charge >= 0.3 is 6.03 Å². The molecule has 0 unspecified atom stereocenters. The Kier molecular flexibility index (Phi) is 9.56. The van der Waals surface area contributed by atoms with E-state index in [-0.39, 0.29) is 32.1 Å². The van der Waals surface area contributed by atoms with E-state index in [4.69, 9.17) is 18.6 Å². The molecule has 1 heterocycles. The van der Waals surface area contributed by atoms with E-state index in [9.17, 15) is 9.59 Å². The summed E-state index contributed by atoms with van der Waals surface area (Å²) in [6.07, 6.45) is 1.57. The minimum absolute atomic E-state index is 0.138. The molecule has 3 aromatic rings. The third-order valence-corrected chi connectivity index (χ3v) is 5.32. The van der Waals surface area contributed by atoms with Gasteiger partial charge in [0.25, 0.3) is 0 Å². The lowest BCUT2D eigenvalue weighted by atomic mass is 10.2. The number of hydrogen-bond donors (Lipinski definition) is 1. The molecule has 0 bridgehead atoms. The van der Waals surface area contributed by atoms with Crippen molar-refractivity contribution in [3.05, 3.63) is 78.3 Å². The Bertz CT molecular complexity index is 1070. The Morgan fingerprint density at radius 2 is 1.71 bits per heavy atom. The molecule has 3 amide bonds. The molecule has 2 aromatic carbocycles. The highest BCUT2D eigenvalue weighted by Crippen LogP contribution is 2.29. The molecule has 35 heavy (non-hydrogen) atoms. The van der Waals surface area contributed by atoms with Crippen LogP contribution in [0.4, 0.5) is 10.5 Å². The lowest BCUT2D eigenvalue weighted by Gasteiger charge is -2.27. The monoisotopic (exact) mass is 481 g/mol. The first-order chi connectivity index (χ1) is 17.0. The van der Waals surface area contributed by atoms with E-state index in [0.717, 1.165) is 5.56 Å². The molecular weight excluding hydrogens is 450 g/mol. The van der Waals surface area contributed by atoms with E-state index < -0.39 is 6.03 Å². The van der Waals surface area contributed by atoms with Crippen LogP contribution in [0, 0.1) is 0 Å². The van der Waals surface area contributed by atoms with Gasteiger partial charge in [-0.1, -0.05) is 30.3 Å². The van der Waals surface area contributed by atoms with Crippen molar-refractivity contribution in [2.45, 2.75) is 13.1 Å². The first kappa shape index (κ1) is 25.6. The van der Waals surface area contributed by atoms with E-state index in [0.29, 0.717) is 29.5 Å². The van der Waals surface area contributed by atoms with Gasteiger partial charge in [-0.15, -0.1) is 0 Å². The van der Waals surface area contributed by atoms with Crippen LogP contribution in [0.1, 0.15) is 11.3 Å². The average molecular weight is 482 g/mol. The summed E-state index contributed by atoms with van der Waals surface area (Å²) in [6.45, 7) is 1.03. The predicted molar refractivity (Wildman–Crippen MR) is 131 cm³/mol. The maximum absolute atomic E-state index is 13.4. The molecule has 0 spiro atoms. The third-order valence-electron chi connectivity index (χ3n) is 5.32. The number of anilines is 1. The Hall–Kier alpha value is -3.98. The number of benzene rings is 2. The Labute approximate surface area is 205 Å². The number of methoxy groups -OCH3 is 3. The van der Waals surface area contributed by atoms with Gasteiger partial charge in [0.15, 0.2) is 0 Å². The van der Waals surface area contributed by atoms with Crippen molar-refractivity contribution in [2.75, 3.05) is 46.3 Å². The topological polar surface area (TPSA) is 93.5 Å². The fourth-order valence-electron chi connectivity index (χ4n) is 3.44. The third kappa shape index (κ3) is 7.51. The number of nitrogens with zero attached hydrogens (tertiary/aromatic N) is 2.